The van der Waals surface area contributed by atoms with Crippen LogP contribution in [0.3, 0.4) is 0 Å². The highest BCUT2D eigenvalue weighted by molar-refractivity contribution is 7.90. The molecule has 0 spiro atoms. The van der Waals surface area contributed by atoms with Crippen LogP contribution >= 0.6 is 0 Å². The summed E-state index contributed by atoms with van der Waals surface area (Å²) in [5.74, 6) is -1.39. The van der Waals surface area contributed by atoms with Crippen molar-refractivity contribution in [2.75, 3.05) is 11.9 Å². The molecule has 160 valence electrons. The highest BCUT2D eigenvalue weighted by Crippen LogP contribution is 2.28. The van der Waals surface area contributed by atoms with E-state index < -0.39 is 26.4 Å². The van der Waals surface area contributed by atoms with Crippen molar-refractivity contribution in [2.24, 2.45) is 5.92 Å². The van der Waals surface area contributed by atoms with Gasteiger partial charge < -0.3 is 9.84 Å². The van der Waals surface area contributed by atoms with E-state index >= 15 is 0 Å². The van der Waals surface area contributed by atoms with Gasteiger partial charge in [-0.05, 0) is 64.5 Å². The molecule has 1 aliphatic rings. The summed E-state index contributed by atoms with van der Waals surface area (Å²) in [6.45, 7) is 5.43. The van der Waals surface area contributed by atoms with Crippen molar-refractivity contribution in [3.05, 3.63) is 29.8 Å². The summed E-state index contributed by atoms with van der Waals surface area (Å²) in [6.07, 6.45) is 3.28. The van der Waals surface area contributed by atoms with Gasteiger partial charge in [0.1, 0.15) is 11.6 Å². The van der Waals surface area contributed by atoms with Crippen molar-refractivity contribution >= 4 is 16.0 Å². The third-order valence-corrected chi connectivity index (χ3v) is 7.31. The molecule has 1 heterocycles. The summed E-state index contributed by atoms with van der Waals surface area (Å²) in [7, 11) is -3.35. The Hall–Kier alpha value is -2.07. The molecule has 0 saturated heterocycles. The molecule has 2 N–H and O–H groups in total. The fraction of sp³-hybridized carbons (Fsp3) is 0.579. The molecule has 0 aliphatic heterocycles. The molecule has 3 rings (SSSR count). The predicted molar refractivity (Wildman–Crippen MR) is 106 cm³/mol. The first kappa shape index (κ1) is 21.6. The lowest BCUT2D eigenvalue weighted by Crippen LogP contribution is -2.42. The number of benzene rings is 1. The topological polar surface area (TPSA) is 97.1 Å². The van der Waals surface area contributed by atoms with Gasteiger partial charge in [-0.1, -0.05) is 11.2 Å². The summed E-state index contributed by atoms with van der Waals surface area (Å²) in [5, 5.41) is 6.77. The minimum Gasteiger partial charge on any atom is -0.335 e. The van der Waals surface area contributed by atoms with E-state index in [4.69, 9.17) is 4.52 Å². The highest BCUT2D eigenvalue weighted by atomic mass is 32.2. The van der Waals surface area contributed by atoms with E-state index in [2.05, 4.69) is 20.2 Å². The smallest absolute Gasteiger partial charge is 0.322 e. The molecular weight excluding hydrogens is 402 g/mol. The lowest BCUT2D eigenvalue weighted by Gasteiger charge is -2.29. The zero-order valence-electron chi connectivity index (χ0n) is 16.7. The van der Waals surface area contributed by atoms with Gasteiger partial charge in [0, 0.05) is 12.6 Å². The average Bonchev–Trinajstić information content (AvgIpc) is 3.08. The van der Waals surface area contributed by atoms with Gasteiger partial charge in [-0.2, -0.15) is 4.98 Å². The quantitative estimate of drug-likeness (QED) is 0.728. The van der Waals surface area contributed by atoms with Crippen molar-refractivity contribution in [1.82, 2.24) is 14.9 Å². The summed E-state index contributed by atoms with van der Waals surface area (Å²) in [6, 6.07) is 3.73. The first-order valence-corrected chi connectivity index (χ1v) is 11.1. The van der Waals surface area contributed by atoms with E-state index in [0.29, 0.717) is 6.54 Å². The SMILES string of the molecule is CC(C)(C)S(=O)(=O)NCC1CCC(Nc2nc(-c3c(F)cccc3F)no2)CC1. The molecular formula is C19H26F2N4O3S. The van der Waals surface area contributed by atoms with Crippen molar-refractivity contribution in [1.29, 1.82) is 0 Å². The summed E-state index contributed by atoms with van der Waals surface area (Å²) >= 11 is 0. The van der Waals surface area contributed by atoms with Gasteiger partial charge in [-0.15, -0.1) is 0 Å². The predicted octanol–water partition coefficient (Wildman–Crippen LogP) is 3.70. The standard InChI is InChI=1S/C19H26F2N4O3S/c1-19(2,3)29(26,27)22-11-12-7-9-13(10-8-12)23-18-24-17(25-28-18)16-14(20)5-4-6-15(16)21/h4-6,12-13,22H,7-11H2,1-3H3,(H,23,24,25). The average molecular weight is 429 g/mol. The fourth-order valence-corrected chi connectivity index (χ4v) is 4.11. The minimum absolute atomic E-state index is 0.0734. The molecule has 7 nitrogen and oxygen atoms in total. The van der Waals surface area contributed by atoms with Gasteiger partial charge in [0.25, 0.3) is 0 Å². The van der Waals surface area contributed by atoms with Gasteiger partial charge >= 0.3 is 6.01 Å². The normalized spacial score (nSPS) is 20.6. The van der Waals surface area contributed by atoms with Gasteiger partial charge in [0.2, 0.25) is 15.8 Å². The van der Waals surface area contributed by atoms with Gasteiger partial charge in [-0.25, -0.2) is 21.9 Å². The van der Waals surface area contributed by atoms with Crippen molar-refractivity contribution in [3.8, 4) is 11.4 Å². The molecule has 0 atom stereocenters. The molecule has 0 radical (unpaired) electrons. The number of halogens is 2. The maximum absolute atomic E-state index is 13.8. The molecule has 1 saturated carbocycles. The molecule has 1 fully saturated rings. The zero-order valence-corrected chi connectivity index (χ0v) is 17.5. The second kappa shape index (κ2) is 8.35. The lowest BCUT2D eigenvalue weighted by atomic mass is 9.86. The van der Waals surface area contributed by atoms with E-state index in [1.54, 1.807) is 20.8 Å². The maximum Gasteiger partial charge on any atom is 0.322 e. The largest absolute Gasteiger partial charge is 0.335 e. The summed E-state index contributed by atoms with van der Waals surface area (Å²) in [4.78, 5) is 4.05. The third kappa shape index (κ3) is 5.11. The van der Waals surface area contributed by atoms with E-state index in [1.807, 2.05) is 0 Å². The Morgan fingerprint density at radius 1 is 1.14 bits per heavy atom. The molecule has 1 aliphatic carbocycles. The monoisotopic (exact) mass is 428 g/mol. The Balaban J connectivity index is 1.52. The van der Waals surface area contributed by atoms with Gasteiger partial charge in [-0.3, -0.25) is 0 Å². The molecule has 2 aromatic rings. The number of hydrogen-bond acceptors (Lipinski definition) is 6. The molecule has 1 aromatic carbocycles. The van der Waals surface area contributed by atoms with Crippen LogP contribution in [0.5, 0.6) is 0 Å². The second-order valence-electron chi connectivity index (χ2n) is 8.35. The van der Waals surface area contributed by atoms with Gasteiger partial charge in [0.05, 0.1) is 10.3 Å². The summed E-state index contributed by atoms with van der Waals surface area (Å²) in [5.41, 5.74) is -0.320. The number of sulfonamides is 1. The van der Waals surface area contributed by atoms with E-state index in [-0.39, 0.29) is 29.4 Å². The Kier molecular flexibility index (Phi) is 6.23. The van der Waals surface area contributed by atoms with Crippen LogP contribution in [0.1, 0.15) is 46.5 Å². The number of rotatable bonds is 6. The van der Waals surface area contributed by atoms with Crippen LogP contribution in [0.15, 0.2) is 22.7 Å². The molecule has 0 unspecified atom stereocenters. The first-order valence-electron chi connectivity index (χ1n) is 9.60. The van der Waals surface area contributed by atoms with Crippen molar-refractivity contribution < 1.29 is 21.7 Å². The molecule has 0 amide bonds. The number of nitrogens with one attached hydrogen (secondary N) is 2. The van der Waals surface area contributed by atoms with Crippen LogP contribution in [-0.2, 0) is 10.0 Å². The maximum atomic E-state index is 13.8. The van der Waals surface area contributed by atoms with Crippen molar-refractivity contribution in [3.63, 3.8) is 0 Å². The Bertz CT molecular complexity index is 928. The number of hydrogen-bond donors (Lipinski definition) is 2. The van der Waals surface area contributed by atoms with E-state index in [9.17, 15) is 17.2 Å². The Morgan fingerprint density at radius 2 is 1.76 bits per heavy atom. The van der Waals surface area contributed by atoms with Gasteiger partial charge in [0.15, 0.2) is 0 Å². The van der Waals surface area contributed by atoms with Crippen molar-refractivity contribution in [2.45, 2.75) is 57.2 Å². The first-order chi connectivity index (χ1) is 13.6. The molecule has 1 aromatic heterocycles. The van der Waals surface area contributed by atoms with E-state index in [1.165, 1.54) is 6.07 Å². The molecule has 29 heavy (non-hydrogen) atoms. The minimum atomic E-state index is -3.35. The summed E-state index contributed by atoms with van der Waals surface area (Å²) < 4.78 is 59.0. The Labute approximate surface area is 169 Å². The second-order valence-corrected chi connectivity index (χ2v) is 10.9. The van der Waals surface area contributed by atoms with Crippen LogP contribution in [0.4, 0.5) is 14.8 Å². The number of anilines is 1. The number of aromatic nitrogens is 2. The molecule has 10 heteroatoms. The van der Waals surface area contributed by atoms with Crippen LogP contribution in [0.2, 0.25) is 0 Å². The van der Waals surface area contributed by atoms with Crippen LogP contribution in [0.25, 0.3) is 11.4 Å². The fourth-order valence-electron chi connectivity index (χ4n) is 3.22. The zero-order chi connectivity index (χ0) is 21.2. The van der Waals surface area contributed by atoms with Crippen LogP contribution in [-0.4, -0.2) is 35.9 Å². The lowest BCUT2D eigenvalue weighted by molar-refractivity contribution is 0.329. The molecule has 0 bridgehead atoms. The Morgan fingerprint density at radius 3 is 2.34 bits per heavy atom. The van der Waals surface area contributed by atoms with E-state index in [0.717, 1.165) is 37.8 Å². The van der Waals surface area contributed by atoms with Crippen LogP contribution in [0, 0.1) is 17.6 Å². The third-order valence-electron chi connectivity index (χ3n) is 5.15. The highest BCUT2D eigenvalue weighted by Gasteiger charge is 2.30. The van der Waals surface area contributed by atoms with Crippen LogP contribution < -0.4 is 10.0 Å². The number of nitrogens with zero attached hydrogens (tertiary/aromatic N) is 2.